The first-order valence-electron chi connectivity index (χ1n) is 8.56. The third-order valence-corrected chi connectivity index (χ3v) is 4.88. The number of hydrogen-bond donors (Lipinski definition) is 1. The lowest BCUT2D eigenvalue weighted by Crippen LogP contribution is -2.36. The number of likely N-dealkylation sites (tertiary alicyclic amines) is 1. The molecule has 1 heterocycles. The highest BCUT2D eigenvalue weighted by molar-refractivity contribution is 9.10. The molecule has 0 saturated carbocycles. The highest BCUT2D eigenvalue weighted by Gasteiger charge is 2.21. The van der Waals surface area contributed by atoms with Gasteiger partial charge in [0.25, 0.3) is 5.91 Å². The van der Waals surface area contributed by atoms with Gasteiger partial charge in [0.2, 0.25) is 5.91 Å². The lowest BCUT2D eigenvalue weighted by molar-refractivity contribution is -0.115. The Morgan fingerprint density at radius 2 is 1.64 bits per heavy atom. The molecule has 0 radical (unpaired) electrons. The second kappa shape index (κ2) is 8.30. The molecule has 1 aliphatic heterocycles. The first-order chi connectivity index (χ1) is 12.1. The third-order valence-electron chi connectivity index (χ3n) is 4.35. The second-order valence-corrected chi connectivity index (χ2v) is 7.17. The van der Waals surface area contributed by atoms with Crippen LogP contribution < -0.4 is 5.32 Å². The van der Waals surface area contributed by atoms with Crippen LogP contribution in [0.15, 0.2) is 53.0 Å². The van der Waals surface area contributed by atoms with Crippen molar-refractivity contribution in [1.82, 2.24) is 4.90 Å². The number of nitrogens with one attached hydrogen (secondary N) is 1. The summed E-state index contributed by atoms with van der Waals surface area (Å²) in [4.78, 5) is 27.0. The number of halogens is 1. The van der Waals surface area contributed by atoms with Crippen molar-refractivity contribution in [2.24, 2.45) is 0 Å². The van der Waals surface area contributed by atoms with Crippen molar-refractivity contribution < 1.29 is 9.59 Å². The summed E-state index contributed by atoms with van der Waals surface area (Å²) in [6, 6.07) is 14.9. The van der Waals surface area contributed by atoms with Crippen LogP contribution >= 0.6 is 15.9 Å². The van der Waals surface area contributed by atoms with Gasteiger partial charge >= 0.3 is 0 Å². The average Bonchev–Trinajstić information content (AvgIpc) is 2.64. The number of carbonyl (C=O) groups is 2. The van der Waals surface area contributed by atoms with Gasteiger partial charge in [-0.15, -0.1) is 0 Å². The zero-order valence-electron chi connectivity index (χ0n) is 14.0. The van der Waals surface area contributed by atoms with E-state index in [9.17, 15) is 9.59 Å². The standard InChI is InChI=1S/C20H21BrN2O2/c21-16-10-8-15(9-11-16)14-19(24)22-18-7-3-2-6-17(18)20(25)23-12-4-1-5-13-23/h2-3,6-11H,1,4-5,12-14H2,(H,22,24). The zero-order chi connectivity index (χ0) is 17.6. The fourth-order valence-corrected chi connectivity index (χ4v) is 3.29. The molecule has 0 atom stereocenters. The summed E-state index contributed by atoms with van der Waals surface area (Å²) < 4.78 is 0.981. The van der Waals surface area contributed by atoms with E-state index in [1.165, 1.54) is 6.42 Å². The zero-order valence-corrected chi connectivity index (χ0v) is 15.6. The smallest absolute Gasteiger partial charge is 0.255 e. The van der Waals surface area contributed by atoms with Crippen LogP contribution in [0.2, 0.25) is 0 Å². The lowest BCUT2D eigenvalue weighted by Gasteiger charge is -2.27. The third kappa shape index (κ3) is 4.69. The Balaban J connectivity index is 1.70. The van der Waals surface area contributed by atoms with Gasteiger partial charge in [-0.25, -0.2) is 0 Å². The van der Waals surface area contributed by atoms with E-state index in [-0.39, 0.29) is 18.2 Å². The van der Waals surface area contributed by atoms with E-state index < -0.39 is 0 Å². The van der Waals surface area contributed by atoms with E-state index >= 15 is 0 Å². The summed E-state index contributed by atoms with van der Waals surface area (Å²) in [5, 5.41) is 2.90. The number of hydrogen-bond acceptors (Lipinski definition) is 2. The maximum absolute atomic E-state index is 12.8. The Morgan fingerprint density at radius 1 is 0.960 bits per heavy atom. The van der Waals surface area contributed by atoms with Crippen LogP contribution in [0, 0.1) is 0 Å². The minimum atomic E-state index is -0.124. The number of piperidine rings is 1. The van der Waals surface area contributed by atoms with E-state index in [0.717, 1.165) is 36.0 Å². The Bertz CT molecular complexity index is 753. The molecule has 1 N–H and O–H groups in total. The maximum atomic E-state index is 12.8. The van der Waals surface area contributed by atoms with Crippen molar-refractivity contribution in [3.63, 3.8) is 0 Å². The number of benzene rings is 2. The predicted octanol–water partition coefficient (Wildman–Crippen LogP) is 4.26. The molecule has 0 unspecified atom stereocenters. The Labute approximate surface area is 156 Å². The summed E-state index contributed by atoms with van der Waals surface area (Å²) in [5.74, 6) is -0.125. The van der Waals surface area contributed by atoms with Crippen LogP contribution in [0.3, 0.4) is 0 Å². The molecule has 1 fully saturated rings. The van der Waals surface area contributed by atoms with E-state index in [1.54, 1.807) is 12.1 Å². The summed E-state index contributed by atoms with van der Waals surface area (Å²) >= 11 is 3.39. The highest BCUT2D eigenvalue weighted by Crippen LogP contribution is 2.20. The molecular weight excluding hydrogens is 380 g/mol. The number of nitrogens with zero attached hydrogens (tertiary/aromatic N) is 1. The average molecular weight is 401 g/mol. The van der Waals surface area contributed by atoms with Crippen molar-refractivity contribution in [3.8, 4) is 0 Å². The van der Waals surface area contributed by atoms with Gasteiger partial charge < -0.3 is 10.2 Å². The van der Waals surface area contributed by atoms with Crippen LogP contribution in [0.5, 0.6) is 0 Å². The molecule has 0 spiro atoms. The molecule has 130 valence electrons. The highest BCUT2D eigenvalue weighted by atomic mass is 79.9. The van der Waals surface area contributed by atoms with Crippen LogP contribution in [0.25, 0.3) is 0 Å². The second-order valence-electron chi connectivity index (χ2n) is 6.25. The van der Waals surface area contributed by atoms with Crippen molar-refractivity contribution in [2.45, 2.75) is 25.7 Å². The summed E-state index contributed by atoms with van der Waals surface area (Å²) in [6.07, 6.45) is 3.54. The topological polar surface area (TPSA) is 49.4 Å². The maximum Gasteiger partial charge on any atom is 0.255 e. The fourth-order valence-electron chi connectivity index (χ4n) is 3.03. The van der Waals surface area contributed by atoms with E-state index in [2.05, 4.69) is 21.2 Å². The lowest BCUT2D eigenvalue weighted by atomic mass is 10.1. The molecule has 1 aliphatic rings. The Hall–Kier alpha value is -2.14. The predicted molar refractivity (Wildman–Crippen MR) is 103 cm³/mol. The normalized spacial score (nSPS) is 14.2. The van der Waals surface area contributed by atoms with Gasteiger partial charge in [0.05, 0.1) is 17.7 Å². The number of para-hydroxylation sites is 1. The molecule has 25 heavy (non-hydrogen) atoms. The van der Waals surface area contributed by atoms with E-state index in [4.69, 9.17) is 0 Å². The summed E-state index contributed by atoms with van der Waals surface area (Å²) in [7, 11) is 0. The van der Waals surface area contributed by atoms with Gasteiger partial charge in [-0.05, 0) is 49.1 Å². The number of anilines is 1. The molecule has 1 saturated heterocycles. The SMILES string of the molecule is O=C(Cc1ccc(Br)cc1)Nc1ccccc1C(=O)N1CCCCC1. The molecule has 0 aliphatic carbocycles. The quantitative estimate of drug-likeness (QED) is 0.833. The molecular formula is C20H21BrN2O2. The van der Waals surface area contributed by atoms with Crippen molar-refractivity contribution in [1.29, 1.82) is 0 Å². The number of rotatable bonds is 4. The van der Waals surface area contributed by atoms with Crippen LogP contribution in [-0.2, 0) is 11.2 Å². The molecule has 3 rings (SSSR count). The minimum Gasteiger partial charge on any atom is -0.339 e. The Morgan fingerprint density at radius 3 is 2.36 bits per heavy atom. The largest absolute Gasteiger partial charge is 0.339 e. The van der Waals surface area contributed by atoms with Gasteiger partial charge in [0, 0.05) is 17.6 Å². The molecule has 5 heteroatoms. The van der Waals surface area contributed by atoms with Gasteiger partial charge in [0.1, 0.15) is 0 Å². The number of carbonyl (C=O) groups excluding carboxylic acids is 2. The van der Waals surface area contributed by atoms with Gasteiger partial charge in [-0.2, -0.15) is 0 Å². The van der Waals surface area contributed by atoms with Crippen LogP contribution in [0.4, 0.5) is 5.69 Å². The monoisotopic (exact) mass is 400 g/mol. The van der Waals surface area contributed by atoms with Gasteiger partial charge in [-0.1, -0.05) is 40.2 Å². The minimum absolute atomic E-state index is 0.000702. The van der Waals surface area contributed by atoms with E-state index in [0.29, 0.717) is 11.3 Å². The van der Waals surface area contributed by atoms with Gasteiger partial charge in [0.15, 0.2) is 0 Å². The first-order valence-corrected chi connectivity index (χ1v) is 9.35. The molecule has 4 nitrogen and oxygen atoms in total. The van der Waals surface area contributed by atoms with Crippen molar-refractivity contribution in [2.75, 3.05) is 18.4 Å². The first kappa shape index (κ1) is 17.7. The fraction of sp³-hybridized carbons (Fsp3) is 0.300. The van der Waals surface area contributed by atoms with E-state index in [1.807, 2.05) is 41.3 Å². The van der Waals surface area contributed by atoms with Crippen LogP contribution in [-0.4, -0.2) is 29.8 Å². The molecule has 2 aromatic carbocycles. The molecule has 0 aromatic heterocycles. The van der Waals surface area contributed by atoms with Gasteiger partial charge in [-0.3, -0.25) is 9.59 Å². The Kier molecular flexibility index (Phi) is 5.87. The summed E-state index contributed by atoms with van der Waals surface area (Å²) in [5.41, 5.74) is 2.08. The van der Waals surface area contributed by atoms with Crippen LogP contribution in [0.1, 0.15) is 35.2 Å². The summed E-state index contributed by atoms with van der Waals surface area (Å²) in [6.45, 7) is 1.58. The van der Waals surface area contributed by atoms with Crippen molar-refractivity contribution >= 4 is 33.4 Å². The molecule has 2 aromatic rings. The van der Waals surface area contributed by atoms with Crippen molar-refractivity contribution in [3.05, 3.63) is 64.1 Å². The molecule has 0 bridgehead atoms. The molecule has 2 amide bonds. The number of amides is 2.